The zero-order valence-electron chi connectivity index (χ0n) is 13.6. The maximum atomic E-state index is 12.9. The molecule has 0 radical (unpaired) electrons. The number of pyridine rings is 1. The van der Waals surface area contributed by atoms with Crippen molar-refractivity contribution in [1.29, 1.82) is 5.26 Å². The van der Waals surface area contributed by atoms with E-state index >= 15 is 0 Å². The summed E-state index contributed by atoms with van der Waals surface area (Å²) in [6.45, 7) is -1.21. The number of nitriles is 1. The highest BCUT2D eigenvalue weighted by atomic mass is 19.3. The molecular weight excluding hydrogens is 340 g/mol. The van der Waals surface area contributed by atoms with Crippen molar-refractivity contribution in [3.8, 4) is 17.2 Å². The van der Waals surface area contributed by atoms with E-state index in [4.69, 9.17) is 5.26 Å². The Bertz CT molecular complexity index is 1050. The normalized spacial score (nSPS) is 15.5. The van der Waals surface area contributed by atoms with Crippen molar-refractivity contribution in [2.45, 2.75) is 12.5 Å². The molecule has 0 unspecified atom stereocenters. The van der Waals surface area contributed by atoms with Gasteiger partial charge in [0.1, 0.15) is 12.1 Å². The van der Waals surface area contributed by atoms with Crippen molar-refractivity contribution in [3.05, 3.63) is 48.3 Å². The summed E-state index contributed by atoms with van der Waals surface area (Å²) in [6, 6.07) is 11.0. The molecule has 1 aliphatic rings. The van der Waals surface area contributed by atoms with Crippen LogP contribution in [0.25, 0.3) is 22.2 Å². The van der Waals surface area contributed by atoms with Crippen LogP contribution in [0.15, 0.2) is 42.7 Å². The number of aromatic nitrogens is 3. The smallest absolute Gasteiger partial charge is 0.282 e. The summed E-state index contributed by atoms with van der Waals surface area (Å²) in [7, 11) is 0. The van der Waals surface area contributed by atoms with Crippen LogP contribution in [-0.4, -0.2) is 44.6 Å². The fraction of sp³-hybridized carbons (Fsp3) is 0.222. The monoisotopic (exact) mass is 353 g/mol. The second-order valence-electron chi connectivity index (χ2n) is 6.23. The van der Waals surface area contributed by atoms with Crippen LogP contribution in [0.4, 0.5) is 8.78 Å². The Morgan fingerprint density at radius 1 is 1.23 bits per heavy atom. The van der Waals surface area contributed by atoms with Gasteiger partial charge in [-0.1, -0.05) is 12.1 Å². The quantitative estimate of drug-likeness (QED) is 0.725. The number of carbonyl (C=O) groups is 1. The second-order valence-corrected chi connectivity index (χ2v) is 6.23. The molecule has 1 aliphatic heterocycles. The third-order valence-electron chi connectivity index (χ3n) is 4.30. The van der Waals surface area contributed by atoms with Gasteiger partial charge >= 0.3 is 0 Å². The zero-order chi connectivity index (χ0) is 18.3. The highest BCUT2D eigenvalue weighted by Crippen LogP contribution is 2.27. The molecule has 0 N–H and O–H groups in total. The molecule has 0 spiro atoms. The Hall–Kier alpha value is -3.34. The SMILES string of the molecule is N#Cc1cccc(-c2cnc3cnn(CC(=O)N4CC(F)(F)C4)c3c2)c1. The predicted octanol–water partition coefficient (Wildman–Crippen LogP) is 2.45. The van der Waals surface area contributed by atoms with Crippen molar-refractivity contribution in [3.63, 3.8) is 0 Å². The number of halogens is 2. The van der Waals surface area contributed by atoms with E-state index in [1.54, 1.807) is 24.4 Å². The van der Waals surface area contributed by atoms with Gasteiger partial charge in [0.05, 0.1) is 36.4 Å². The fourth-order valence-corrected chi connectivity index (χ4v) is 2.93. The lowest BCUT2D eigenvalue weighted by atomic mass is 10.0. The first-order valence-electron chi connectivity index (χ1n) is 7.93. The lowest BCUT2D eigenvalue weighted by Gasteiger charge is -2.38. The molecule has 4 rings (SSSR count). The minimum atomic E-state index is -2.79. The number of hydrogen-bond donors (Lipinski definition) is 0. The van der Waals surface area contributed by atoms with Gasteiger partial charge in [0.15, 0.2) is 0 Å². The van der Waals surface area contributed by atoms with Crippen molar-refractivity contribution >= 4 is 16.9 Å². The number of rotatable bonds is 3. The number of likely N-dealkylation sites (tertiary alicyclic amines) is 1. The molecule has 2 aromatic heterocycles. The lowest BCUT2D eigenvalue weighted by molar-refractivity contribution is -0.166. The van der Waals surface area contributed by atoms with E-state index in [0.29, 0.717) is 16.6 Å². The first-order chi connectivity index (χ1) is 12.4. The van der Waals surface area contributed by atoms with E-state index in [-0.39, 0.29) is 6.54 Å². The summed E-state index contributed by atoms with van der Waals surface area (Å²) < 4.78 is 27.3. The van der Waals surface area contributed by atoms with Gasteiger partial charge < -0.3 is 4.90 Å². The number of nitrogens with zero attached hydrogens (tertiary/aromatic N) is 5. The van der Waals surface area contributed by atoms with E-state index in [1.807, 2.05) is 12.1 Å². The average Bonchev–Trinajstić information content (AvgIpc) is 3.01. The first-order valence-corrected chi connectivity index (χ1v) is 7.93. The molecule has 0 bridgehead atoms. The largest absolute Gasteiger partial charge is 0.329 e. The van der Waals surface area contributed by atoms with Gasteiger partial charge in [-0.25, -0.2) is 8.78 Å². The zero-order valence-corrected chi connectivity index (χ0v) is 13.6. The van der Waals surface area contributed by atoms with Gasteiger partial charge in [0, 0.05) is 11.8 Å². The number of alkyl halides is 2. The fourth-order valence-electron chi connectivity index (χ4n) is 2.93. The molecule has 0 atom stereocenters. The van der Waals surface area contributed by atoms with Crippen LogP contribution in [-0.2, 0) is 11.3 Å². The molecule has 0 aliphatic carbocycles. The first kappa shape index (κ1) is 16.1. The molecule has 130 valence electrons. The van der Waals surface area contributed by atoms with E-state index in [9.17, 15) is 13.6 Å². The standard InChI is InChI=1S/C18H13F2N5O/c19-18(20)10-24(11-18)17(26)9-25-16-5-14(7-22-15(16)8-23-25)13-3-1-2-12(4-13)6-21/h1-5,7-8H,9-11H2. The van der Waals surface area contributed by atoms with Gasteiger partial charge in [-0.3, -0.25) is 14.5 Å². The van der Waals surface area contributed by atoms with Gasteiger partial charge in [0.25, 0.3) is 5.92 Å². The van der Waals surface area contributed by atoms with Crippen LogP contribution in [0, 0.1) is 11.3 Å². The highest BCUT2D eigenvalue weighted by Gasteiger charge is 2.46. The summed E-state index contributed by atoms with van der Waals surface area (Å²) in [5.74, 6) is -3.19. The Labute approximate surface area is 147 Å². The molecular formula is C18H13F2N5O. The third kappa shape index (κ3) is 2.88. The van der Waals surface area contributed by atoms with Crippen molar-refractivity contribution in [2.24, 2.45) is 0 Å². The van der Waals surface area contributed by atoms with Gasteiger partial charge in [-0.05, 0) is 23.8 Å². The van der Waals surface area contributed by atoms with Gasteiger partial charge in [0.2, 0.25) is 5.91 Å². The summed E-state index contributed by atoms with van der Waals surface area (Å²) in [5, 5.41) is 13.2. The Kier molecular flexibility index (Phi) is 3.65. The number of benzene rings is 1. The van der Waals surface area contributed by atoms with Crippen LogP contribution in [0.1, 0.15) is 5.56 Å². The lowest BCUT2D eigenvalue weighted by Crippen LogP contribution is -2.59. The molecule has 1 saturated heterocycles. The van der Waals surface area contributed by atoms with Crippen molar-refractivity contribution in [1.82, 2.24) is 19.7 Å². The van der Waals surface area contributed by atoms with E-state index < -0.39 is 24.9 Å². The Balaban J connectivity index is 1.63. The van der Waals surface area contributed by atoms with Crippen LogP contribution in [0.5, 0.6) is 0 Å². The minimum absolute atomic E-state index is 0.122. The summed E-state index contributed by atoms with van der Waals surface area (Å²) in [5.41, 5.74) is 3.36. The van der Waals surface area contributed by atoms with E-state index in [0.717, 1.165) is 16.0 Å². The maximum absolute atomic E-state index is 12.9. The molecule has 3 heterocycles. The van der Waals surface area contributed by atoms with Crippen LogP contribution in [0.3, 0.4) is 0 Å². The Morgan fingerprint density at radius 2 is 2.04 bits per heavy atom. The molecule has 0 saturated carbocycles. The number of carbonyl (C=O) groups excluding carboxylic acids is 1. The molecule has 3 aromatic rings. The third-order valence-corrected chi connectivity index (χ3v) is 4.30. The average molecular weight is 353 g/mol. The Morgan fingerprint density at radius 3 is 2.77 bits per heavy atom. The van der Waals surface area contributed by atoms with Crippen LogP contribution in [0.2, 0.25) is 0 Å². The number of fused-ring (bicyclic) bond motifs is 1. The summed E-state index contributed by atoms with van der Waals surface area (Å²) >= 11 is 0. The topological polar surface area (TPSA) is 74.8 Å². The molecule has 1 aromatic carbocycles. The second kappa shape index (κ2) is 5.88. The minimum Gasteiger partial charge on any atom is -0.329 e. The van der Waals surface area contributed by atoms with Crippen LogP contribution >= 0.6 is 0 Å². The number of amides is 1. The predicted molar refractivity (Wildman–Crippen MR) is 89.2 cm³/mol. The number of hydrogen-bond acceptors (Lipinski definition) is 4. The molecule has 6 nitrogen and oxygen atoms in total. The summed E-state index contributed by atoms with van der Waals surface area (Å²) in [6.07, 6.45) is 3.20. The van der Waals surface area contributed by atoms with E-state index in [1.165, 1.54) is 10.9 Å². The molecule has 8 heteroatoms. The maximum Gasteiger partial charge on any atom is 0.282 e. The van der Waals surface area contributed by atoms with E-state index in [2.05, 4.69) is 16.2 Å². The van der Waals surface area contributed by atoms with Crippen molar-refractivity contribution in [2.75, 3.05) is 13.1 Å². The highest BCUT2D eigenvalue weighted by molar-refractivity contribution is 5.83. The molecule has 1 fully saturated rings. The van der Waals surface area contributed by atoms with Crippen molar-refractivity contribution < 1.29 is 13.6 Å². The molecule has 1 amide bonds. The van der Waals surface area contributed by atoms with Gasteiger partial charge in [-0.15, -0.1) is 0 Å². The summed E-state index contributed by atoms with van der Waals surface area (Å²) in [4.78, 5) is 17.6. The van der Waals surface area contributed by atoms with Gasteiger partial charge in [-0.2, -0.15) is 10.4 Å². The molecule has 26 heavy (non-hydrogen) atoms. The van der Waals surface area contributed by atoms with Crippen LogP contribution < -0.4 is 0 Å².